The molecule has 34 heavy (non-hydrogen) atoms. The molecule has 0 spiro atoms. The number of rotatable bonds is 5. The van der Waals surface area contributed by atoms with Gasteiger partial charge in [0.15, 0.2) is 5.82 Å². The van der Waals surface area contributed by atoms with Gasteiger partial charge in [-0.2, -0.15) is 0 Å². The van der Waals surface area contributed by atoms with Crippen LogP contribution in [0.5, 0.6) is 0 Å². The van der Waals surface area contributed by atoms with E-state index in [0.29, 0.717) is 24.2 Å². The molecule has 2 aromatic rings. The van der Waals surface area contributed by atoms with Crippen molar-refractivity contribution >= 4 is 11.7 Å². The molecule has 2 unspecified atom stereocenters. The molecule has 186 valence electrons. The summed E-state index contributed by atoms with van der Waals surface area (Å²) in [6, 6.07) is 2.43. The number of fused-ring (bicyclic) bond motifs is 2. The van der Waals surface area contributed by atoms with Crippen LogP contribution in [0.3, 0.4) is 0 Å². The van der Waals surface area contributed by atoms with Crippen LogP contribution in [-0.4, -0.2) is 46.0 Å². The van der Waals surface area contributed by atoms with Gasteiger partial charge in [0.05, 0.1) is 30.1 Å². The monoisotopic (exact) mass is 473 g/mol. The van der Waals surface area contributed by atoms with Crippen LogP contribution in [0.1, 0.15) is 70.8 Å². The van der Waals surface area contributed by atoms with Crippen molar-refractivity contribution in [1.29, 1.82) is 0 Å². The maximum Gasteiger partial charge on any atom is 0.239 e. The van der Waals surface area contributed by atoms with Crippen molar-refractivity contribution in [1.82, 2.24) is 19.8 Å². The summed E-state index contributed by atoms with van der Waals surface area (Å²) >= 11 is 0. The summed E-state index contributed by atoms with van der Waals surface area (Å²) < 4.78 is 29.8. The van der Waals surface area contributed by atoms with E-state index in [1.54, 1.807) is 0 Å². The molecule has 0 saturated carbocycles. The molecular weight excluding hydrogens is 436 g/mol. The van der Waals surface area contributed by atoms with Gasteiger partial charge in [-0.25, -0.2) is 13.8 Å². The number of amides is 1. The maximum absolute atomic E-state index is 14.2. The van der Waals surface area contributed by atoms with Crippen LogP contribution in [-0.2, 0) is 23.2 Å². The van der Waals surface area contributed by atoms with Gasteiger partial charge in [0.1, 0.15) is 11.6 Å². The normalized spacial score (nSPS) is 22.2. The predicted octanol–water partition coefficient (Wildman–Crippen LogP) is 4.40. The molecule has 2 N–H and O–H groups in total. The SMILES string of the molecule is CC1c2c(NC(=O)CNC3CCc4cc(F)cc(F)c4C3)ncn2C(C)(C)CN1CC(C)(C)C. The summed E-state index contributed by atoms with van der Waals surface area (Å²) in [7, 11) is 0. The van der Waals surface area contributed by atoms with Gasteiger partial charge in [0.25, 0.3) is 0 Å². The lowest BCUT2D eigenvalue weighted by atomic mass is 9.88. The lowest BCUT2D eigenvalue weighted by molar-refractivity contribution is -0.115. The van der Waals surface area contributed by atoms with E-state index in [0.717, 1.165) is 36.8 Å². The van der Waals surface area contributed by atoms with Gasteiger partial charge in [-0.05, 0) is 62.6 Å². The van der Waals surface area contributed by atoms with Crippen molar-refractivity contribution in [3.8, 4) is 0 Å². The van der Waals surface area contributed by atoms with Crippen LogP contribution in [0.4, 0.5) is 14.6 Å². The summed E-state index contributed by atoms with van der Waals surface area (Å²) in [5, 5.41) is 6.24. The minimum Gasteiger partial charge on any atom is -0.324 e. The van der Waals surface area contributed by atoms with E-state index in [1.165, 1.54) is 6.07 Å². The highest BCUT2D eigenvalue weighted by Gasteiger charge is 2.39. The molecule has 8 heteroatoms. The van der Waals surface area contributed by atoms with E-state index in [2.05, 4.69) is 66.6 Å². The lowest BCUT2D eigenvalue weighted by Gasteiger charge is -2.46. The first-order valence-corrected chi connectivity index (χ1v) is 12.2. The standard InChI is InChI=1S/C26H37F2N5O/c1-16-23-24(30-15-33(23)26(5,6)14-32(16)13-25(2,3)4)31-22(34)12-29-19-8-7-17-9-18(27)10-21(28)20(17)11-19/h9-10,15-16,19,29H,7-8,11-14H2,1-6H3,(H,31,34). The Balaban J connectivity index is 1.42. The zero-order valence-electron chi connectivity index (χ0n) is 21.1. The van der Waals surface area contributed by atoms with E-state index >= 15 is 0 Å². The van der Waals surface area contributed by atoms with E-state index in [4.69, 9.17) is 0 Å². The fourth-order valence-electron chi connectivity index (χ4n) is 5.40. The number of nitrogens with zero attached hydrogens (tertiary/aromatic N) is 3. The smallest absolute Gasteiger partial charge is 0.239 e. The number of imidazole rings is 1. The Labute approximate surface area is 201 Å². The number of halogens is 2. The van der Waals surface area contributed by atoms with Gasteiger partial charge in [-0.1, -0.05) is 20.8 Å². The molecule has 1 aromatic carbocycles. The third-order valence-electron chi connectivity index (χ3n) is 6.94. The van der Waals surface area contributed by atoms with Gasteiger partial charge in [-0.3, -0.25) is 9.69 Å². The molecule has 0 bridgehead atoms. The van der Waals surface area contributed by atoms with Gasteiger partial charge in [0.2, 0.25) is 5.91 Å². The van der Waals surface area contributed by atoms with Crippen molar-refractivity contribution in [2.24, 2.45) is 5.41 Å². The number of carbonyl (C=O) groups is 1. The van der Waals surface area contributed by atoms with E-state index < -0.39 is 11.6 Å². The number of benzene rings is 1. The van der Waals surface area contributed by atoms with Crippen molar-refractivity contribution in [3.63, 3.8) is 0 Å². The fourth-order valence-corrected chi connectivity index (χ4v) is 5.40. The number of hydrogen-bond acceptors (Lipinski definition) is 4. The molecule has 2 atom stereocenters. The molecule has 1 aromatic heterocycles. The van der Waals surface area contributed by atoms with Crippen LogP contribution in [0.25, 0.3) is 0 Å². The Kier molecular flexibility index (Phi) is 6.59. The third kappa shape index (κ3) is 5.18. The number of aromatic nitrogens is 2. The Morgan fingerprint density at radius 2 is 2.00 bits per heavy atom. The highest BCUT2D eigenvalue weighted by molar-refractivity contribution is 5.92. The number of anilines is 1. The highest BCUT2D eigenvalue weighted by Crippen LogP contribution is 2.39. The summed E-state index contributed by atoms with van der Waals surface area (Å²) in [6.07, 6.45) is 3.59. The summed E-state index contributed by atoms with van der Waals surface area (Å²) in [5.74, 6) is -0.623. The van der Waals surface area contributed by atoms with Crippen LogP contribution in [0.15, 0.2) is 18.5 Å². The zero-order chi connectivity index (χ0) is 24.8. The quantitative estimate of drug-likeness (QED) is 0.676. The molecule has 0 fully saturated rings. The van der Waals surface area contributed by atoms with Crippen molar-refractivity contribution in [2.75, 3.05) is 25.0 Å². The Bertz CT molecular complexity index is 1070. The van der Waals surface area contributed by atoms with Gasteiger partial charge in [0, 0.05) is 25.2 Å². The number of aryl methyl sites for hydroxylation is 1. The van der Waals surface area contributed by atoms with Crippen molar-refractivity contribution < 1.29 is 13.6 Å². The van der Waals surface area contributed by atoms with Crippen molar-refractivity contribution in [2.45, 2.75) is 78.4 Å². The fraction of sp³-hybridized carbons (Fsp3) is 0.615. The second kappa shape index (κ2) is 9.04. The molecule has 1 aliphatic heterocycles. The molecule has 6 nitrogen and oxygen atoms in total. The minimum absolute atomic E-state index is 0.0331. The van der Waals surface area contributed by atoms with Crippen LogP contribution in [0.2, 0.25) is 0 Å². The first-order valence-electron chi connectivity index (χ1n) is 12.2. The van der Waals surface area contributed by atoms with E-state index in [9.17, 15) is 13.6 Å². The Morgan fingerprint density at radius 3 is 2.71 bits per heavy atom. The third-order valence-corrected chi connectivity index (χ3v) is 6.94. The van der Waals surface area contributed by atoms with Crippen LogP contribution in [0, 0.1) is 17.0 Å². The average Bonchev–Trinajstić information content (AvgIpc) is 3.14. The first-order chi connectivity index (χ1) is 15.8. The largest absolute Gasteiger partial charge is 0.324 e. The molecular formula is C26H37F2N5O. The second-order valence-corrected chi connectivity index (χ2v) is 11.7. The van der Waals surface area contributed by atoms with Crippen molar-refractivity contribution in [3.05, 3.63) is 46.9 Å². The zero-order valence-corrected chi connectivity index (χ0v) is 21.1. The number of nitrogens with one attached hydrogen (secondary N) is 2. The molecule has 4 rings (SSSR count). The molecule has 1 amide bonds. The van der Waals surface area contributed by atoms with Gasteiger partial charge < -0.3 is 15.2 Å². The van der Waals surface area contributed by atoms with Crippen LogP contribution >= 0.6 is 0 Å². The predicted molar refractivity (Wildman–Crippen MR) is 130 cm³/mol. The molecule has 2 aliphatic rings. The molecule has 0 saturated heterocycles. The van der Waals surface area contributed by atoms with Gasteiger partial charge >= 0.3 is 0 Å². The maximum atomic E-state index is 14.2. The number of hydrogen-bond donors (Lipinski definition) is 2. The summed E-state index contributed by atoms with van der Waals surface area (Å²) in [5.41, 5.74) is 2.30. The Hall–Kier alpha value is -2.32. The highest BCUT2D eigenvalue weighted by atomic mass is 19.1. The molecule has 0 radical (unpaired) electrons. The summed E-state index contributed by atoms with van der Waals surface area (Å²) in [4.78, 5) is 19.8. The number of carbonyl (C=O) groups excluding carboxylic acids is 1. The molecule has 1 aliphatic carbocycles. The summed E-state index contributed by atoms with van der Waals surface area (Å²) in [6.45, 7) is 15.2. The second-order valence-electron chi connectivity index (χ2n) is 11.7. The Morgan fingerprint density at radius 1 is 1.26 bits per heavy atom. The average molecular weight is 474 g/mol. The molecule has 2 heterocycles. The van der Waals surface area contributed by atoms with Crippen LogP contribution < -0.4 is 10.6 Å². The lowest BCUT2D eigenvalue weighted by Crippen LogP contribution is -2.50. The van der Waals surface area contributed by atoms with E-state index in [-0.39, 0.29) is 35.5 Å². The van der Waals surface area contributed by atoms with E-state index in [1.807, 2.05) is 6.33 Å². The first kappa shape index (κ1) is 24.8. The topological polar surface area (TPSA) is 62.2 Å². The van der Waals surface area contributed by atoms with Gasteiger partial charge in [-0.15, -0.1) is 0 Å². The minimum atomic E-state index is -0.538.